The maximum Gasteiger partial charge on any atom is 0.328 e. The van der Waals surface area contributed by atoms with Crippen LogP contribution in [0.3, 0.4) is 0 Å². The zero-order valence-corrected chi connectivity index (χ0v) is 10.7. The largest absolute Gasteiger partial charge is 0.467 e. The standard InChI is InChI=1S/C8H8Cl2N2O3S/c1-3(8(14)15-2)11-7(13)5-4(9)6(10)12-16-5/h3H,1-2H3,(H,11,13). The van der Waals surface area contributed by atoms with Crippen molar-refractivity contribution in [2.24, 2.45) is 0 Å². The number of amides is 1. The summed E-state index contributed by atoms with van der Waals surface area (Å²) in [6.07, 6.45) is 0. The summed E-state index contributed by atoms with van der Waals surface area (Å²) in [5.41, 5.74) is 0. The molecule has 0 spiro atoms. The third kappa shape index (κ3) is 2.84. The zero-order chi connectivity index (χ0) is 12.3. The monoisotopic (exact) mass is 282 g/mol. The van der Waals surface area contributed by atoms with E-state index in [9.17, 15) is 9.59 Å². The molecule has 0 saturated heterocycles. The maximum absolute atomic E-state index is 11.6. The maximum atomic E-state index is 11.6. The van der Waals surface area contributed by atoms with Gasteiger partial charge in [-0.3, -0.25) is 4.79 Å². The summed E-state index contributed by atoms with van der Waals surface area (Å²) >= 11 is 12.2. The summed E-state index contributed by atoms with van der Waals surface area (Å²) < 4.78 is 8.17. The molecule has 0 aliphatic heterocycles. The summed E-state index contributed by atoms with van der Waals surface area (Å²) in [6, 6.07) is -0.755. The van der Waals surface area contributed by atoms with Gasteiger partial charge in [0.05, 0.1) is 7.11 Å². The van der Waals surface area contributed by atoms with Crippen molar-refractivity contribution in [2.45, 2.75) is 13.0 Å². The van der Waals surface area contributed by atoms with Gasteiger partial charge in [0.2, 0.25) is 0 Å². The van der Waals surface area contributed by atoms with Crippen LogP contribution in [-0.4, -0.2) is 29.4 Å². The Kier molecular flexibility index (Phi) is 4.52. The van der Waals surface area contributed by atoms with Gasteiger partial charge in [-0.25, -0.2) is 4.79 Å². The quantitative estimate of drug-likeness (QED) is 0.858. The Morgan fingerprint density at radius 3 is 2.56 bits per heavy atom. The van der Waals surface area contributed by atoms with E-state index in [2.05, 4.69) is 14.4 Å². The Balaban J connectivity index is 2.73. The Bertz CT molecular complexity index is 421. The lowest BCUT2D eigenvalue weighted by molar-refractivity contribution is -0.142. The van der Waals surface area contributed by atoms with Gasteiger partial charge in [0, 0.05) is 0 Å². The minimum Gasteiger partial charge on any atom is -0.467 e. The van der Waals surface area contributed by atoms with Gasteiger partial charge in [-0.15, -0.1) is 0 Å². The molecule has 1 atom stereocenters. The molecule has 1 aromatic rings. The lowest BCUT2D eigenvalue weighted by Crippen LogP contribution is -2.38. The number of nitrogens with one attached hydrogen (secondary N) is 1. The van der Waals surface area contributed by atoms with E-state index in [-0.39, 0.29) is 15.1 Å². The molecule has 1 unspecified atom stereocenters. The highest BCUT2D eigenvalue weighted by atomic mass is 35.5. The fraction of sp³-hybridized carbons (Fsp3) is 0.375. The molecular formula is C8H8Cl2N2O3S. The van der Waals surface area contributed by atoms with Crippen molar-refractivity contribution in [3.63, 3.8) is 0 Å². The fourth-order valence-electron chi connectivity index (χ4n) is 0.899. The van der Waals surface area contributed by atoms with Crippen molar-refractivity contribution in [3.8, 4) is 0 Å². The number of hydrogen-bond acceptors (Lipinski definition) is 5. The van der Waals surface area contributed by atoms with Crippen LogP contribution >= 0.6 is 34.7 Å². The van der Waals surface area contributed by atoms with Gasteiger partial charge in [-0.05, 0) is 18.5 Å². The molecule has 1 aromatic heterocycles. The highest BCUT2D eigenvalue weighted by Crippen LogP contribution is 2.28. The predicted molar refractivity (Wildman–Crippen MR) is 61.1 cm³/mol. The molecule has 0 aromatic carbocycles. The van der Waals surface area contributed by atoms with E-state index in [1.165, 1.54) is 14.0 Å². The molecule has 0 aliphatic rings. The second-order valence-corrected chi connectivity index (χ2v) is 4.34. The third-order valence-electron chi connectivity index (χ3n) is 1.71. The fourth-order valence-corrected chi connectivity index (χ4v) is 2.02. The average molecular weight is 283 g/mol. The number of halogens is 2. The summed E-state index contributed by atoms with van der Waals surface area (Å²) in [7, 11) is 1.24. The van der Waals surface area contributed by atoms with Gasteiger partial charge in [-0.1, -0.05) is 23.2 Å². The van der Waals surface area contributed by atoms with Gasteiger partial charge in [-0.2, -0.15) is 4.37 Å². The van der Waals surface area contributed by atoms with E-state index in [0.717, 1.165) is 11.5 Å². The SMILES string of the molecule is COC(=O)C(C)NC(=O)c1snc(Cl)c1Cl. The Hall–Kier alpha value is -0.850. The van der Waals surface area contributed by atoms with E-state index < -0.39 is 17.9 Å². The van der Waals surface area contributed by atoms with E-state index >= 15 is 0 Å². The van der Waals surface area contributed by atoms with Crippen molar-refractivity contribution >= 4 is 46.6 Å². The summed E-state index contributed by atoms with van der Waals surface area (Å²) in [6.45, 7) is 1.50. The Labute approximate surface area is 106 Å². The van der Waals surface area contributed by atoms with Gasteiger partial charge in [0.15, 0.2) is 5.15 Å². The van der Waals surface area contributed by atoms with Crippen LogP contribution in [0.1, 0.15) is 16.6 Å². The van der Waals surface area contributed by atoms with E-state index in [1.807, 2.05) is 0 Å². The van der Waals surface area contributed by atoms with Crippen molar-refractivity contribution in [3.05, 3.63) is 15.1 Å². The smallest absolute Gasteiger partial charge is 0.328 e. The topological polar surface area (TPSA) is 68.3 Å². The number of nitrogens with zero attached hydrogens (tertiary/aromatic N) is 1. The van der Waals surface area contributed by atoms with Crippen molar-refractivity contribution < 1.29 is 14.3 Å². The van der Waals surface area contributed by atoms with Gasteiger partial charge < -0.3 is 10.1 Å². The summed E-state index contributed by atoms with van der Waals surface area (Å²) in [5.74, 6) is -1.05. The number of carbonyl (C=O) groups excluding carboxylic acids is 2. The molecule has 0 saturated carbocycles. The van der Waals surface area contributed by atoms with Crippen LogP contribution in [0.5, 0.6) is 0 Å². The molecule has 1 amide bonds. The van der Waals surface area contributed by atoms with Gasteiger partial charge in [0.1, 0.15) is 15.9 Å². The first-order chi connectivity index (χ1) is 7.47. The van der Waals surface area contributed by atoms with Crippen LogP contribution in [0, 0.1) is 0 Å². The molecule has 0 fully saturated rings. The van der Waals surface area contributed by atoms with E-state index in [0.29, 0.717) is 0 Å². The van der Waals surface area contributed by atoms with E-state index in [4.69, 9.17) is 23.2 Å². The molecule has 5 nitrogen and oxygen atoms in total. The second-order valence-electron chi connectivity index (χ2n) is 2.83. The molecule has 16 heavy (non-hydrogen) atoms. The van der Waals surface area contributed by atoms with E-state index in [1.54, 1.807) is 0 Å². The lowest BCUT2D eigenvalue weighted by Gasteiger charge is -2.10. The molecule has 0 radical (unpaired) electrons. The van der Waals surface area contributed by atoms with Gasteiger partial charge >= 0.3 is 5.97 Å². The molecule has 0 aliphatic carbocycles. The number of hydrogen-bond donors (Lipinski definition) is 1. The van der Waals surface area contributed by atoms with Crippen LogP contribution in [0.4, 0.5) is 0 Å². The average Bonchev–Trinajstić information content (AvgIpc) is 2.58. The first-order valence-corrected chi connectivity index (χ1v) is 5.69. The second kappa shape index (κ2) is 5.47. The molecule has 88 valence electrons. The van der Waals surface area contributed by atoms with Crippen molar-refractivity contribution in [1.29, 1.82) is 0 Å². The Morgan fingerprint density at radius 2 is 2.12 bits per heavy atom. The highest BCUT2D eigenvalue weighted by Gasteiger charge is 2.21. The lowest BCUT2D eigenvalue weighted by atomic mass is 10.3. The normalized spacial score (nSPS) is 12.0. The number of carbonyl (C=O) groups is 2. The van der Waals surface area contributed by atoms with Gasteiger partial charge in [0.25, 0.3) is 5.91 Å². The van der Waals surface area contributed by atoms with Crippen LogP contribution in [0.15, 0.2) is 0 Å². The highest BCUT2D eigenvalue weighted by molar-refractivity contribution is 7.09. The van der Waals surface area contributed by atoms with Crippen LogP contribution in [0.2, 0.25) is 10.2 Å². The van der Waals surface area contributed by atoms with Crippen molar-refractivity contribution in [1.82, 2.24) is 9.69 Å². The van der Waals surface area contributed by atoms with Crippen LogP contribution < -0.4 is 5.32 Å². The molecule has 1 N–H and O–H groups in total. The predicted octanol–water partition coefficient (Wildman–Crippen LogP) is 1.74. The molecule has 8 heteroatoms. The summed E-state index contributed by atoms with van der Waals surface area (Å²) in [4.78, 5) is 22.8. The minimum atomic E-state index is -0.755. The number of methoxy groups -OCH3 is 1. The molecule has 1 rings (SSSR count). The van der Waals surface area contributed by atoms with Crippen molar-refractivity contribution in [2.75, 3.05) is 7.11 Å². The Morgan fingerprint density at radius 1 is 1.50 bits per heavy atom. The van der Waals surface area contributed by atoms with Crippen LogP contribution in [0.25, 0.3) is 0 Å². The summed E-state index contributed by atoms with van der Waals surface area (Å²) in [5, 5.41) is 2.57. The first kappa shape index (κ1) is 13.2. The number of rotatable bonds is 3. The number of ether oxygens (including phenoxy) is 1. The first-order valence-electron chi connectivity index (χ1n) is 4.16. The number of aromatic nitrogens is 1. The number of esters is 1. The minimum absolute atomic E-state index is 0.0718. The van der Waals surface area contributed by atoms with Crippen LogP contribution in [-0.2, 0) is 9.53 Å². The molecule has 1 heterocycles. The molecule has 0 bridgehead atoms. The third-order valence-corrected chi connectivity index (χ3v) is 3.50. The zero-order valence-electron chi connectivity index (χ0n) is 8.41. The molecular weight excluding hydrogens is 275 g/mol.